The molecule has 1 heterocycles. The van der Waals surface area contributed by atoms with E-state index in [-0.39, 0.29) is 12.2 Å². The van der Waals surface area contributed by atoms with E-state index in [1.807, 2.05) is 18.4 Å². The van der Waals surface area contributed by atoms with Crippen molar-refractivity contribution in [1.82, 2.24) is 10.9 Å². The first kappa shape index (κ1) is 21.5. The fourth-order valence-corrected chi connectivity index (χ4v) is 3.72. The van der Waals surface area contributed by atoms with Crippen LogP contribution in [0.1, 0.15) is 43.4 Å². The predicted octanol–water partition coefficient (Wildman–Crippen LogP) is 4.52. The maximum Gasteiger partial charge on any atom is 0.162 e. The highest BCUT2D eigenvalue weighted by Crippen LogP contribution is 2.32. The summed E-state index contributed by atoms with van der Waals surface area (Å²) in [5.41, 5.74) is 10.1. The first-order valence-corrected chi connectivity index (χ1v) is 11.0. The Morgan fingerprint density at radius 3 is 2.41 bits per heavy atom. The van der Waals surface area contributed by atoms with Gasteiger partial charge in [0.05, 0.1) is 14.2 Å². The standard InChI is InChI=1S/C22H30N4O2S/c1-14(2)15-6-9-17(10-7-15)23-22(29-5)24-21-13-18(25-26-21)16-8-11-19(27-3)20(12-16)28-4/h6-12,14,18,21,25-26H,13H2,1-5H3,(H,23,24). The molecule has 7 heteroatoms. The van der Waals surface area contributed by atoms with Crippen LogP contribution in [0, 0.1) is 0 Å². The molecule has 0 radical (unpaired) electrons. The Bertz CT molecular complexity index is 839. The Labute approximate surface area is 177 Å². The Balaban J connectivity index is 1.65. The molecule has 1 aliphatic rings. The lowest BCUT2D eigenvalue weighted by Crippen LogP contribution is -2.30. The summed E-state index contributed by atoms with van der Waals surface area (Å²) in [4.78, 5) is 4.84. The Hall–Kier alpha value is -2.22. The van der Waals surface area contributed by atoms with Gasteiger partial charge < -0.3 is 14.8 Å². The van der Waals surface area contributed by atoms with E-state index in [1.54, 1.807) is 26.0 Å². The number of benzene rings is 2. The van der Waals surface area contributed by atoms with Gasteiger partial charge in [-0.25, -0.2) is 15.8 Å². The van der Waals surface area contributed by atoms with Crippen LogP contribution in [-0.4, -0.2) is 31.8 Å². The quantitative estimate of drug-likeness (QED) is 0.477. The molecule has 0 saturated carbocycles. The number of rotatable bonds is 6. The molecule has 6 nitrogen and oxygen atoms in total. The van der Waals surface area contributed by atoms with Crippen molar-refractivity contribution in [3.05, 3.63) is 53.6 Å². The van der Waals surface area contributed by atoms with Gasteiger partial charge in [-0.15, -0.1) is 0 Å². The summed E-state index contributed by atoms with van der Waals surface area (Å²) in [6.45, 7) is 4.40. The zero-order chi connectivity index (χ0) is 20.8. The first-order valence-electron chi connectivity index (χ1n) is 9.75. The normalized spacial score (nSPS) is 19.4. The Morgan fingerprint density at radius 1 is 1.07 bits per heavy atom. The first-order chi connectivity index (χ1) is 14.0. The molecule has 1 fully saturated rings. The zero-order valence-corrected chi connectivity index (χ0v) is 18.5. The average Bonchev–Trinajstić information content (AvgIpc) is 3.21. The largest absolute Gasteiger partial charge is 0.493 e. The van der Waals surface area contributed by atoms with Crippen molar-refractivity contribution < 1.29 is 9.47 Å². The molecule has 3 N–H and O–H groups in total. The maximum atomic E-state index is 5.42. The molecule has 29 heavy (non-hydrogen) atoms. The predicted molar refractivity (Wildman–Crippen MR) is 122 cm³/mol. The van der Waals surface area contributed by atoms with Crippen molar-refractivity contribution in [2.75, 3.05) is 25.8 Å². The van der Waals surface area contributed by atoms with E-state index in [0.717, 1.165) is 34.3 Å². The lowest BCUT2D eigenvalue weighted by molar-refractivity contribution is 0.354. The highest BCUT2D eigenvalue weighted by molar-refractivity contribution is 8.13. The third kappa shape index (κ3) is 5.44. The van der Waals surface area contributed by atoms with E-state index in [4.69, 9.17) is 14.5 Å². The van der Waals surface area contributed by atoms with Gasteiger partial charge in [-0.2, -0.15) is 0 Å². The van der Waals surface area contributed by atoms with E-state index in [0.29, 0.717) is 5.92 Å². The van der Waals surface area contributed by atoms with Crippen LogP contribution in [0.3, 0.4) is 0 Å². The van der Waals surface area contributed by atoms with Crippen LogP contribution < -0.4 is 25.6 Å². The lowest BCUT2D eigenvalue weighted by atomic mass is 10.0. The van der Waals surface area contributed by atoms with E-state index in [1.165, 1.54) is 5.56 Å². The number of ether oxygens (including phenoxy) is 2. The zero-order valence-electron chi connectivity index (χ0n) is 17.7. The highest BCUT2D eigenvalue weighted by Gasteiger charge is 2.25. The second-order valence-electron chi connectivity index (χ2n) is 7.25. The van der Waals surface area contributed by atoms with Crippen molar-refractivity contribution in [3.8, 4) is 11.5 Å². The number of nitrogens with one attached hydrogen (secondary N) is 3. The molecule has 3 rings (SSSR count). The Kier molecular flexibility index (Phi) is 7.41. The summed E-state index contributed by atoms with van der Waals surface area (Å²) in [5.74, 6) is 1.99. The van der Waals surface area contributed by atoms with Gasteiger partial charge in [0.2, 0.25) is 0 Å². The number of hydrogen-bond donors (Lipinski definition) is 3. The summed E-state index contributed by atoms with van der Waals surface area (Å²) >= 11 is 1.60. The van der Waals surface area contributed by atoms with Crippen molar-refractivity contribution >= 4 is 22.6 Å². The molecule has 0 spiro atoms. The maximum absolute atomic E-state index is 5.42. The van der Waals surface area contributed by atoms with Crippen molar-refractivity contribution in [2.45, 2.75) is 38.4 Å². The molecule has 0 amide bonds. The summed E-state index contributed by atoms with van der Waals surface area (Å²) in [5, 5.41) is 4.30. The van der Waals surface area contributed by atoms with Gasteiger partial charge >= 0.3 is 0 Å². The minimum Gasteiger partial charge on any atom is -0.493 e. The second kappa shape index (κ2) is 10.0. The third-order valence-electron chi connectivity index (χ3n) is 4.99. The fourth-order valence-electron chi connectivity index (χ4n) is 3.26. The number of hydrazine groups is 1. The number of methoxy groups -OCH3 is 2. The van der Waals surface area contributed by atoms with Gasteiger partial charge in [0.25, 0.3) is 0 Å². The van der Waals surface area contributed by atoms with Crippen molar-refractivity contribution in [1.29, 1.82) is 0 Å². The number of nitrogens with zero attached hydrogens (tertiary/aromatic N) is 1. The van der Waals surface area contributed by atoms with Gasteiger partial charge in [0, 0.05) is 18.2 Å². The summed E-state index contributed by atoms with van der Waals surface area (Å²) < 4.78 is 10.7. The van der Waals surface area contributed by atoms with Gasteiger partial charge in [0.15, 0.2) is 16.7 Å². The SMILES string of the molecule is COc1ccc(C2CC(/N=C(/Nc3ccc(C(C)C)cc3)SC)NN2)cc1OC. The molecule has 0 bridgehead atoms. The molecule has 1 aliphatic heterocycles. The minimum atomic E-state index is -0.0158. The number of hydrogen-bond acceptors (Lipinski definition) is 6. The van der Waals surface area contributed by atoms with Crippen molar-refractivity contribution in [2.24, 2.45) is 4.99 Å². The number of amidine groups is 1. The minimum absolute atomic E-state index is 0.0158. The molecule has 1 saturated heterocycles. The van der Waals surface area contributed by atoms with E-state index >= 15 is 0 Å². The second-order valence-corrected chi connectivity index (χ2v) is 8.04. The lowest BCUT2D eigenvalue weighted by Gasteiger charge is -2.13. The summed E-state index contributed by atoms with van der Waals surface area (Å²) in [6, 6.07) is 14.7. The van der Waals surface area contributed by atoms with E-state index < -0.39 is 0 Å². The molecular weight excluding hydrogens is 384 g/mol. The van der Waals surface area contributed by atoms with E-state index in [9.17, 15) is 0 Å². The highest BCUT2D eigenvalue weighted by atomic mass is 32.2. The molecule has 2 unspecified atom stereocenters. The smallest absolute Gasteiger partial charge is 0.162 e. The van der Waals surface area contributed by atoms with E-state index in [2.05, 4.69) is 60.3 Å². The van der Waals surface area contributed by atoms with Crippen LogP contribution in [0.2, 0.25) is 0 Å². The molecule has 2 aromatic carbocycles. The third-order valence-corrected chi connectivity index (χ3v) is 5.58. The Morgan fingerprint density at radius 2 is 1.79 bits per heavy atom. The van der Waals surface area contributed by atoms with Gasteiger partial charge in [-0.1, -0.05) is 43.8 Å². The molecule has 0 aromatic heterocycles. The molecule has 2 atom stereocenters. The molecule has 0 aliphatic carbocycles. The van der Waals surface area contributed by atoms with Gasteiger partial charge in [-0.3, -0.25) is 0 Å². The van der Waals surface area contributed by atoms with Crippen LogP contribution in [-0.2, 0) is 0 Å². The van der Waals surface area contributed by atoms with Gasteiger partial charge in [0.1, 0.15) is 6.17 Å². The van der Waals surface area contributed by atoms with Crippen molar-refractivity contribution in [3.63, 3.8) is 0 Å². The van der Waals surface area contributed by atoms with Crippen LogP contribution in [0.5, 0.6) is 11.5 Å². The number of thioether (sulfide) groups is 1. The monoisotopic (exact) mass is 414 g/mol. The average molecular weight is 415 g/mol. The van der Waals surface area contributed by atoms with Crippen LogP contribution >= 0.6 is 11.8 Å². The topological polar surface area (TPSA) is 66.9 Å². The fraction of sp³-hybridized carbons (Fsp3) is 0.409. The molecule has 2 aromatic rings. The van der Waals surface area contributed by atoms with Crippen LogP contribution in [0.15, 0.2) is 47.5 Å². The van der Waals surface area contributed by atoms with Crippen LogP contribution in [0.4, 0.5) is 5.69 Å². The van der Waals surface area contributed by atoms with Crippen LogP contribution in [0.25, 0.3) is 0 Å². The molecule has 156 valence electrons. The number of anilines is 1. The summed E-state index contributed by atoms with van der Waals surface area (Å²) in [6.07, 6.45) is 2.86. The summed E-state index contributed by atoms with van der Waals surface area (Å²) in [7, 11) is 3.30. The molecular formula is C22H30N4O2S. The van der Waals surface area contributed by atoms with Gasteiger partial charge in [-0.05, 0) is 47.6 Å². The number of aliphatic imine (C=N–C) groups is 1.